The van der Waals surface area contributed by atoms with E-state index >= 15 is 0 Å². The van der Waals surface area contributed by atoms with Crippen molar-refractivity contribution in [2.75, 3.05) is 13.7 Å². The van der Waals surface area contributed by atoms with E-state index in [4.69, 9.17) is 4.74 Å². The van der Waals surface area contributed by atoms with Crippen LogP contribution in [0.4, 0.5) is 0 Å². The van der Waals surface area contributed by atoms with Crippen LogP contribution in [0.5, 0.6) is 0 Å². The molecular formula is C16H29N3O. The van der Waals surface area contributed by atoms with Crippen LogP contribution < -0.4 is 5.32 Å². The third-order valence-corrected chi connectivity index (χ3v) is 4.26. The van der Waals surface area contributed by atoms with Crippen molar-refractivity contribution in [2.45, 2.75) is 71.1 Å². The summed E-state index contributed by atoms with van der Waals surface area (Å²) >= 11 is 0. The van der Waals surface area contributed by atoms with Crippen LogP contribution in [-0.2, 0) is 17.7 Å². The second kappa shape index (κ2) is 7.79. The van der Waals surface area contributed by atoms with E-state index in [0.29, 0.717) is 12.1 Å². The standard InChI is InChI=1S/C16H29N3O/c1-4-19-15(11-13(2)18-19)12-14(17-3)8-9-16-7-5-6-10-20-16/h11,14,16-17H,4-10,12H2,1-3H3. The SMILES string of the molecule is CCn1nc(C)cc1CC(CCC1CCCCO1)NC. The summed E-state index contributed by atoms with van der Waals surface area (Å²) in [6.45, 7) is 6.13. The van der Waals surface area contributed by atoms with Crippen molar-refractivity contribution in [3.05, 3.63) is 17.5 Å². The fraction of sp³-hybridized carbons (Fsp3) is 0.812. The molecule has 2 atom stereocenters. The molecule has 4 heteroatoms. The Morgan fingerprint density at radius 2 is 2.35 bits per heavy atom. The van der Waals surface area contributed by atoms with Crippen molar-refractivity contribution >= 4 is 0 Å². The number of rotatable bonds is 7. The fourth-order valence-electron chi connectivity index (χ4n) is 3.06. The summed E-state index contributed by atoms with van der Waals surface area (Å²) in [5.41, 5.74) is 2.46. The number of ether oxygens (including phenoxy) is 1. The van der Waals surface area contributed by atoms with E-state index in [9.17, 15) is 0 Å². The first-order valence-corrected chi connectivity index (χ1v) is 8.05. The van der Waals surface area contributed by atoms with Crippen molar-refractivity contribution in [3.8, 4) is 0 Å². The molecule has 1 aromatic rings. The van der Waals surface area contributed by atoms with Gasteiger partial charge >= 0.3 is 0 Å². The second-order valence-corrected chi connectivity index (χ2v) is 5.85. The van der Waals surface area contributed by atoms with Gasteiger partial charge in [-0.3, -0.25) is 4.68 Å². The molecule has 0 amide bonds. The summed E-state index contributed by atoms with van der Waals surface area (Å²) < 4.78 is 7.95. The molecule has 0 bridgehead atoms. The van der Waals surface area contributed by atoms with E-state index in [-0.39, 0.29) is 0 Å². The largest absolute Gasteiger partial charge is 0.378 e. The maximum absolute atomic E-state index is 5.83. The van der Waals surface area contributed by atoms with Gasteiger partial charge in [0.2, 0.25) is 0 Å². The molecule has 0 aromatic carbocycles. The fourth-order valence-corrected chi connectivity index (χ4v) is 3.06. The van der Waals surface area contributed by atoms with Crippen molar-refractivity contribution in [2.24, 2.45) is 0 Å². The van der Waals surface area contributed by atoms with Gasteiger partial charge in [0, 0.05) is 31.3 Å². The average molecular weight is 279 g/mol. The number of nitrogens with zero attached hydrogens (tertiary/aromatic N) is 2. The summed E-state index contributed by atoms with van der Waals surface area (Å²) in [6, 6.07) is 2.73. The molecule has 1 N–H and O–H groups in total. The zero-order valence-corrected chi connectivity index (χ0v) is 13.2. The van der Waals surface area contributed by atoms with Crippen molar-refractivity contribution in [1.29, 1.82) is 0 Å². The molecule has 0 saturated carbocycles. The topological polar surface area (TPSA) is 39.1 Å². The normalized spacial score (nSPS) is 21.1. The Morgan fingerprint density at radius 3 is 3.00 bits per heavy atom. The summed E-state index contributed by atoms with van der Waals surface area (Å²) in [5, 5.41) is 7.98. The van der Waals surface area contributed by atoms with Gasteiger partial charge < -0.3 is 10.1 Å². The van der Waals surface area contributed by atoms with Gasteiger partial charge in [0.05, 0.1) is 11.8 Å². The third-order valence-electron chi connectivity index (χ3n) is 4.26. The predicted octanol–water partition coefficient (Wildman–Crippen LogP) is 2.69. The molecule has 20 heavy (non-hydrogen) atoms. The highest BCUT2D eigenvalue weighted by atomic mass is 16.5. The molecule has 1 aliphatic rings. The molecule has 1 fully saturated rings. The number of likely N-dealkylation sites (N-methyl/N-ethyl adjacent to an activating group) is 1. The smallest absolute Gasteiger partial charge is 0.0596 e. The highest BCUT2D eigenvalue weighted by molar-refractivity contribution is 5.10. The van der Waals surface area contributed by atoms with E-state index in [1.54, 1.807) is 0 Å². The minimum atomic E-state index is 0.484. The van der Waals surface area contributed by atoms with Crippen LogP contribution in [0.1, 0.15) is 50.4 Å². The summed E-state index contributed by atoms with van der Waals surface area (Å²) in [6.07, 6.45) is 7.69. The maximum Gasteiger partial charge on any atom is 0.0596 e. The summed E-state index contributed by atoms with van der Waals surface area (Å²) in [7, 11) is 2.06. The van der Waals surface area contributed by atoms with Gasteiger partial charge in [0.25, 0.3) is 0 Å². The summed E-state index contributed by atoms with van der Waals surface area (Å²) in [4.78, 5) is 0. The Bertz CT molecular complexity index is 396. The van der Waals surface area contributed by atoms with E-state index in [2.05, 4.69) is 42.1 Å². The zero-order valence-electron chi connectivity index (χ0n) is 13.2. The lowest BCUT2D eigenvalue weighted by Gasteiger charge is -2.25. The van der Waals surface area contributed by atoms with E-state index in [1.165, 1.54) is 37.8 Å². The molecule has 0 radical (unpaired) electrons. The van der Waals surface area contributed by atoms with Gasteiger partial charge in [-0.1, -0.05) is 0 Å². The number of hydrogen-bond acceptors (Lipinski definition) is 3. The molecule has 2 unspecified atom stereocenters. The number of aryl methyl sites for hydroxylation is 2. The first kappa shape index (κ1) is 15.5. The highest BCUT2D eigenvalue weighted by Gasteiger charge is 2.17. The second-order valence-electron chi connectivity index (χ2n) is 5.85. The molecular weight excluding hydrogens is 250 g/mol. The van der Waals surface area contributed by atoms with E-state index in [1.807, 2.05) is 0 Å². The lowest BCUT2D eigenvalue weighted by Crippen LogP contribution is -2.31. The minimum Gasteiger partial charge on any atom is -0.378 e. The lowest BCUT2D eigenvalue weighted by atomic mass is 9.99. The molecule has 1 aromatic heterocycles. The van der Waals surface area contributed by atoms with Crippen LogP contribution in [0, 0.1) is 6.92 Å². The zero-order chi connectivity index (χ0) is 14.4. The average Bonchev–Trinajstić information content (AvgIpc) is 2.84. The number of aromatic nitrogens is 2. The molecule has 1 aliphatic heterocycles. The Balaban J connectivity index is 1.84. The first-order valence-electron chi connectivity index (χ1n) is 8.05. The van der Waals surface area contributed by atoms with Crippen LogP contribution in [0.15, 0.2) is 6.07 Å². The van der Waals surface area contributed by atoms with Crippen LogP contribution in [0.3, 0.4) is 0 Å². The van der Waals surface area contributed by atoms with Gasteiger partial charge in [-0.15, -0.1) is 0 Å². The Labute approximate surface area is 122 Å². The van der Waals surface area contributed by atoms with Crippen molar-refractivity contribution in [3.63, 3.8) is 0 Å². The molecule has 4 nitrogen and oxygen atoms in total. The summed E-state index contributed by atoms with van der Waals surface area (Å²) in [5.74, 6) is 0. The Morgan fingerprint density at radius 1 is 1.50 bits per heavy atom. The van der Waals surface area contributed by atoms with Gasteiger partial charge in [-0.2, -0.15) is 5.10 Å². The molecule has 1 saturated heterocycles. The highest BCUT2D eigenvalue weighted by Crippen LogP contribution is 2.19. The Kier molecular flexibility index (Phi) is 6.05. The molecule has 0 spiro atoms. The molecule has 2 heterocycles. The van der Waals surface area contributed by atoms with Gasteiger partial charge in [0.15, 0.2) is 0 Å². The van der Waals surface area contributed by atoms with E-state index < -0.39 is 0 Å². The molecule has 2 rings (SSSR count). The molecule has 114 valence electrons. The lowest BCUT2D eigenvalue weighted by molar-refractivity contribution is 0.00867. The first-order chi connectivity index (χ1) is 9.72. The van der Waals surface area contributed by atoms with E-state index in [0.717, 1.165) is 25.3 Å². The van der Waals surface area contributed by atoms with Crippen LogP contribution in [0.25, 0.3) is 0 Å². The maximum atomic E-state index is 5.83. The van der Waals surface area contributed by atoms with Gasteiger partial charge in [-0.05, 0) is 59.1 Å². The third kappa shape index (κ3) is 4.32. The van der Waals surface area contributed by atoms with Crippen molar-refractivity contribution < 1.29 is 4.74 Å². The minimum absolute atomic E-state index is 0.484. The van der Waals surface area contributed by atoms with Crippen LogP contribution in [-0.4, -0.2) is 35.6 Å². The quantitative estimate of drug-likeness (QED) is 0.834. The van der Waals surface area contributed by atoms with Gasteiger partial charge in [-0.25, -0.2) is 0 Å². The van der Waals surface area contributed by atoms with Gasteiger partial charge in [0.1, 0.15) is 0 Å². The van der Waals surface area contributed by atoms with Crippen LogP contribution in [0.2, 0.25) is 0 Å². The predicted molar refractivity (Wildman–Crippen MR) is 82.0 cm³/mol. The Hall–Kier alpha value is -0.870. The monoisotopic (exact) mass is 279 g/mol. The number of hydrogen-bond donors (Lipinski definition) is 1. The van der Waals surface area contributed by atoms with Crippen molar-refractivity contribution in [1.82, 2.24) is 15.1 Å². The number of nitrogens with one attached hydrogen (secondary N) is 1. The van der Waals surface area contributed by atoms with Crippen LogP contribution >= 0.6 is 0 Å². The molecule has 0 aliphatic carbocycles.